The van der Waals surface area contributed by atoms with Crippen LogP contribution in [0, 0.1) is 6.92 Å². The minimum atomic E-state index is -3.49. The number of hydrogen-bond acceptors (Lipinski definition) is 4. The van der Waals surface area contributed by atoms with Gasteiger partial charge in [0, 0.05) is 32.1 Å². The van der Waals surface area contributed by atoms with Crippen molar-refractivity contribution in [2.45, 2.75) is 11.8 Å². The van der Waals surface area contributed by atoms with Gasteiger partial charge in [-0.05, 0) is 30.7 Å². The summed E-state index contributed by atoms with van der Waals surface area (Å²) in [6.07, 6.45) is 0. The molecule has 0 aliphatic carbocycles. The van der Waals surface area contributed by atoms with Crippen molar-refractivity contribution in [1.82, 2.24) is 8.87 Å². The second kappa shape index (κ2) is 7.19. The van der Waals surface area contributed by atoms with E-state index in [1.807, 2.05) is 66.4 Å². The molecule has 0 fully saturated rings. The Hall–Kier alpha value is -2.22. The lowest BCUT2D eigenvalue weighted by Crippen LogP contribution is -2.23. The standard InChI is InChI=1S/C19H21N3O2S2/c1-14-10-11-15(12-18(14)26(23,24)21(2)3)17-13-25-19(22(17)4)20-16-8-6-5-7-9-16/h5-13H,1-4H3. The quantitative estimate of drug-likeness (QED) is 0.687. The highest BCUT2D eigenvalue weighted by Gasteiger charge is 2.20. The van der Waals surface area contributed by atoms with Gasteiger partial charge in [0.25, 0.3) is 0 Å². The molecule has 5 nitrogen and oxygen atoms in total. The van der Waals surface area contributed by atoms with Gasteiger partial charge in [0.1, 0.15) is 0 Å². The Bertz CT molecular complexity index is 1100. The molecule has 1 heterocycles. The van der Waals surface area contributed by atoms with Crippen LogP contribution in [0.2, 0.25) is 0 Å². The summed E-state index contributed by atoms with van der Waals surface area (Å²) in [5.41, 5.74) is 3.40. The van der Waals surface area contributed by atoms with Gasteiger partial charge in [0.05, 0.1) is 16.3 Å². The maximum absolute atomic E-state index is 12.6. The summed E-state index contributed by atoms with van der Waals surface area (Å²) < 4.78 is 28.4. The van der Waals surface area contributed by atoms with Crippen LogP contribution in [-0.4, -0.2) is 31.4 Å². The lowest BCUT2D eigenvalue weighted by Gasteiger charge is -2.15. The van der Waals surface area contributed by atoms with Crippen molar-refractivity contribution in [2.75, 3.05) is 14.1 Å². The molecule has 0 saturated carbocycles. The first kappa shape index (κ1) is 18.6. The summed E-state index contributed by atoms with van der Waals surface area (Å²) in [5.74, 6) is 0. The predicted octanol–water partition coefficient (Wildman–Crippen LogP) is 3.54. The topological polar surface area (TPSA) is 54.7 Å². The lowest BCUT2D eigenvalue weighted by atomic mass is 10.1. The van der Waals surface area contributed by atoms with E-state index in [2.05, 4.69) is 4.99 Å². The Kier molecular flexibility index (Phi) is 5.13. The van der Waals surface area contributed by atoms with Gasteiger partial charge in [0.15, 0.2) is 4.80 Å². The van der Waals surface area contributed by atoms with Crippen molar-refractivity contribution in [3.8, 4) is 11.3 Å². The zero-order chi connectivity index (χ0) is 18.9. The normalized spacial score (nSPS) is 12.7. The molecule has 0 radical (unpaired) electrons. The minimum absolute atomic E-state index is 0.327. The summed E-state index contributed by atoms with van der Waals surface area (Å²) >= 11 is 1.53. The Morgan fingerprint density at radius 1 is 1.08 bits per heavy atom. The number of sulfonamides is 1. The van der Waals surface area contributed by atoms with Crippen molar-refractivity contribution in [3.63, 3.8) is 0 Å². The summed E-state index contributed by atoms with van der Waals surface area (Å²) in [6, 6.07) is 15.3. The molecule has 1 aromatic heterocycles. The van der Waals surface area contributed by atoms with Crippen LogP contribution in [-0.2, 0) is 17.1 Å². The highest BCUT2D eigenvalue weighted by atomic mass is 32.2. The SMILES string of the molecule is Cc1ccc(-c2csc(=Nc3ccccc3)n2C)cc1S(=O)(=O)N(C)C. The molecular formula is C19H21N3O2S2. The van der Waals surface area contributed by atoms with Crippen molar-refractivity contribution in [1.29, 1.82) is 0 Å². The van der Waals surface area contributed by atoms with Crippen LogP contribution in [0.5, 0.6) is 0 Å². The van der Waals surface area contributed by atoms with Crippen LogP contribution in [0.3, 0.4) is 0 Å². The number of nitrogens with zero attached hydrogens (tertiary/aromatic N) is 3. The first-order valence-electron chi connectivity index (χ1n) is 8.08. The lowest BCUT2D eigenvalue weighted by molar-refractivity contribution is 0.520. The molecule has 0 amide bonds. The smallest absolute Gasteiger partial charge is 0.242 e. The molecule has 0 unspecified atom stereocenters. The highest BCUT2D eigenvalue weighted by molar-refractivity contribution is 7.89. The van der Waals surface area contributed by atoms with Crippen molar-refractivity contribution in [2.24, 2.45) is 12.0 Å². The molecule has 2 aromatic carbocycles. The zero-order valence-corrected chi connectivity index (χ0v) is 16.8. The van der Waals surface area contributed by atoms with Crippen molar-refractivity contribution in [3.05, 3.63) is 64.3 Å². The van der Waals surface area contributed by atoms with Crippen LogP contribution in [0.4, 0.5) is 5.69 Å². The number of aromatic nitrogens is 1. The number of aryl methyl sites for hydroxylation is 1. The van der Waals surface area contributed by atoms with E-state index in [-0.39, 0.29) is 0 Å². The van der Waals surface area contributed by atoms with Gasteiger partial charge >= 0.3 is 0 Å². The number of rotatable bonds is 4. The molecule has 0 atom stereocenters. The maximum atomic E-state index is 12.6. The molecule has 0 aliphatic rings. The average molecular weight is 388 g/mol. The molecule has 0 bridgehead atoms. The largest absolute Gasteiger partial charge is 0.320 e. The Balaban J connectivity index is 2.11. The van der Waals surface area contributed by atoms with E-state index in [9.17, 15) is 8.42 Å². The molecule has 7 heteroatoms. The van der Waals surface area contributed by atoms with Crippen LogP contribution < -0.4 is 4.80 Å². The van der Waals surface area contributed by atoms with E-state index < -0.39 is 10.0 Å². The van der Waals surface area contributed by atoms with E-state index in [0.717, 1.165) is 27.3 Å². The second-order valence-electron chi connectivity index (χ2n) is 6.18. The molecule has 0 N–H and O–H groups in total. The van der Waals surface area contributed by atoms with Gasteiger partial charge in [0.2, 0.25) is 10.0 Å². The van der Waals surface area contributed by atoms with Gasteiger partial charge in [-0.25, -0.2) is 17.7 Å². The van der Waals surface area contributed by atoms with E-state index in [1.165, 1.54) is 15.6 Å². The molecule has 26 heavy (non-hydrogen) atoms. The molecule has 0 saturated heterocycles. The van der Waals surface area contributed by atoms with E-state index >= 15 is 0 Å². The number of para-hydroxylation sites is 1. The van der Waals surface area contributed by atoms with Gasteiger partial charge in [-0.2, -0.15) is 0 Å². The van der Waals surface area contributed by atoms with Crippen molar-refractivity contribution >= 4 is 27.0 Å². The second-order valence-corrected chi connectivity index (χ2v) is 9.13. The molecular weight excluding hydrogens is 366 g/mol. The van der Waals surface area contributed by atoms with Crippen LogP contribution in [0.1, 0.15) is 5.56 Å². The van der Waals surface area contributed by atoms with Crippen LogP contribution in [0.15, 0.2) is 63.8 Å². The number of hydrogen-bond donors (Lipinski definition) is 0. The Morgan fingerprint density at radius 2 is 1.77 bits per heavy atom. The Morgan fingerprint density at radius 3 is 2.42 bits per heavy atom. The van der Waals surface area contributed by atoms with Crippen molar-refractivity contribution < 1.29 is 8.42 Å². The number of thiazole rings is 1. The molecule has 136 valence electrons. The van der Waals surface area contributed by atoms with E-state index in [1.54, 1.807) is 20.2 Å². The van der Waals surface area contributed by atoms with Gasteiger partial charge < -0.3 is 4.57 Å². The summed E-state index contributed by atoms with van der Waals surface area (Å²) in [7, 11) is 1.54. The van der Waals surface area contributed by atoms with Gasteiger partial charge in [-0.15, -0.1) is 11.3 Å². The molecule has 3 aromatic rings. The molecule has 3 rings (SSSR count). The third-order valence-corrected chi connectivity index (χ3v) is 7.02. The molecule has 0 aliphatic heterocycles. The summed E-state index contributed by atoms with van der Waals surface area (Å²) in [6.45, 7) is 1.81. The summed E-state index contributed by atoms with van der Waals surface area (Å²) in [4.78, 5) is 5.84. The fourth-order valence-electron chi connectivity index (χ4n) is 2.58. The third-order valence-electron chi connectivity index (χ3n) is 4.15. The van der Waals surface area contributed by atoms with Crippen LogP contribution >= 0.6 is 11.3 Å². The van der Waals surface area contributed by atoms with Gasteiger partial charge in [-0.1, -0.05) is 30.3 Å². The zero-order valence-electron chi connectivity index (χ0n) is 15.2. The molecule has 0 spiro atoms. The first-order valence-corrected chi connectivity index (χ1v) is 10.4. The van der Waals surface area contributed by atoms with Gasteiger partial charge in [-0.3, -0.25) is 0 Å². The fourth-order valence-corrected chi connectivity index (χ4v) is 4.65. The monoisotopic (exact) mass is 387 g/mol. The first-order chi connectivity index (χ1) is 12.3. The fraction of sp³-hybridized carbons (Fsp3) is 0.211. The minimum Gasteiger partial charge on any atom is -0.320 e. The van der Waals surface area contributed by atoms with Crippen LogP contribution in [0.25, 0.3) is 11.3 Å². The predicted molar refractivity (Wildman–Crippen MR) is 106 cm³/mol. The third kappa shape index (κ3) is 3.51. The van der Waals surface area contributed by atoms with E-state index in [4.69, 9.17) is 0 Å². The average Bonchev–Trinajstić information content (AvgIpc) is 2.97. The summed E-state index contributed by atoms with van der Waals surface area (Å²) in [5, 5.41) is 2.00. The van der Waals surface area contributed by atoms with E-state index in [0.29, 0.717) is 4.90 Å². The number of benzene rings is 2. The highest BCUT2D eigenvalue weighted by Crippen LogP contribution is 2.26. The maximum Gasteiger partial charge on any atom is 0.242 e. The Labute approximate surface area is 157 Å².